The molecule has 1 heteroatoms. The first kappa shape index (κ1) is 18.5. The molecule has 1 aliphatic heterocycles. The van der Waals surface area contributed by atoms with E-state index in [4.69, 9.17) is 4.74 Å². The molecule has 33 heavy (non-hydrogen) atoms. The lowest BCUT2D eigenvalue weighted by atomic mass is 9.82. The van der Waals surface area contributed by atoms with Crippen LogP contribution in [0, 0.1) is 0 Å². The fourth-order valence-corrected chi connectivity index (χ4v) is 5.61. The Morgan fingerprint density at radius 3 is 1.94 bits per heavy atom. The first-order valence-corrected chi connectivity index (χ1v) is 11.5. The van der Waals surface area contributed by atoms with Crippen molar-refractivity contribution >= 4 is 16.8 Å². The molecule has 1 aliphatic carbocycles. The van der Waals surface area contributed by atoms with Crippen LogP contribution < -0.4 is 4.74 Å². The molecule has 1 heterocycles. The summed E-state index contributed by atoms with van der Waals surface area (Å²) in [7, 11) is 0. The predicted molar refractivity (Wildman–Crippen MR) is 136 cm³/mol. The molecule has 0 amide bonds. The molecular formula is C32H22O. The van der Waals surface area contributed by atoms with Crippen LogP contribution in [0.2, 0.25) is 0 Å². The van der Waals surface area contributed by atoms with Gasteiger partial charge in [0.1, 0.15) is 5.75 Å². The summed E-state index contributed by atoms with van der Waals surface area (Å²) in [5.74, 6) is 0.979. The molecule has 0 bridgehead atoms. The first-order chi connectivity index (χ1) is 16.4. The van der Waals surface area contributed by atoms with Gasteiger partial charge in [-0.2, -0.15) is 0 Å². The maximum Gasteiger partial charge on any atom is 0.178 e. The number of rotatable bonds is 2. The van der Waals surface area contributed by atoms with Gasteiger partial charge >= 0.3 is 0 Å². The van der Waals surface area contributed by atoms with Gasteiger partial charge in [0.2, 0.25) is 0 Å². The van der Waals surface area contributed by atoms with Crippen LogP contribution in [0.15, 0.2) is 115 Å². The smallest absolute Gasteiger partial charge is 0.178 e. The standard InChI is InChI=1S/C32H22O/c1-3-12-23(13-4-1)32(24-14-5-2-6-15-24)20-19-28-29-21-22-11-7-8-16-25(22)30(29)26-17-9-10-18-27(26)31(28)33-32/h1-20H,21H2. The minimum atomic E-state index is -0.669. The van der Waals surface area contributed by atoms with Gasteiger partial charge in [-0.05, 0) is 40.1 Å². The van der Waals surface area contributed by atoms with Crippen molar-refractivity contribution in [2.75, 3.05) is 0 Å². The van der Waals surface area contributed by atoms with Crippen LogP contribution in [0.5, 0.6) is 5.75 Å². The van der Waals surface area contributed by atoms with E-state index in [9.17, 15) is 0 Å². The molecule has 5 aromatic carbocycles. The topological polar surface area (TPSA) is 9.23 Å². The molecule has 5 aromatic rings. The van der Waals surface area contributed by atoms with Crippen LogP contribution in [0.1, 0.15) is 27.8 Å². The van der Waals surface area contributed by atoms with E-state index in [-0.39, 0.29) is 0 Å². The van der Waals surface area contributed by atoms with Crippen molar-refractivity contribution in [1.82, 2.24) is 0 Å². The summed E-state index contributed by atoms with van der Waals surface area (Å²) in [4.78, 5) is 0. The second-order valence-electron chi connectivity index (χ2n) is 8.88. The van der Waals surface area contributed by atoms with Gasteiger partial charge in [-0.1, -0.05) is 115 Å². The molecule has 0 fully saturated rings. The predicted octanol–water partition coefficient (Wildman–Crippen LogP) is 7.76. The van der Waals surface area contributed by atoms with Gasteiger partial charge < -0.3 is 4.74 Å². The minimum Gasteiger partial charge on any atom is -0.472 e. The van der Waals surface area contributed by atoms with Crippen molar-refractivity contribution < 1.29 is 4.74 Å². The summed E-state index contributed by atoms with van der Waals surface area (Å²) in [6.07, 6.45) is 5.49. The third-order valence-electron chi connectivity index (χ3n) is 7.12. The van der Waals surface area contributed by atoms with Crippen molar-refractivity contribution in [3.05, 3.63) is 143 Å². The first-order valence-electron chi connectivity index (χ1n) is 11.5. The zero-order valence-corrected chi connectivity index (χ0v) is 18.2. The van der Waals surface area contributed by atoms with E-state index in [1.165, 1.54) is 38.6 Å². The monoisotopic (exact) mass is 422 g/mol. The van der Waals surface area contributed by atoms with Crippen LogP contribution in [0.25, 0.3) is 28.0 Å². The lowest BCUT2D eigenvalue weighted by molar-refractivity contribution is 0.163. The maximum absolute atomic E-state index is 7.14. The van der Waals surface area contributed by atoms with Crippen molar-refractivity contribution in [2.45, 2.75) is 12.0 Å². The van der Waals surface area contributed by atoms with Crippen molar-refractivity contribution in [3.8, 4) is 16.9 Å². The van der Waals surface area contributed by atoms with Gasteiger partial charge in [-0.25, -0.2) is 0 Å². The highest BCUT2D eigenvalue weighted by Crippen LogP contribution is 2.52. The number of hydrogen-bond acceptors (Lipinski definition) is 1. The largest absolute Gasteiger partial charge is 0.472 e. The number of hydrogen-bond donors (Lipinski definition) is 0. The van der Waals surface area contributed by atoms with Gasteiger partial charge in [-0.3, -0.25) is 0 Å². The van der Waals surface area contributed by atoms with E-state index >= 15 is 0 Å². The Morgan fingerprint density at radius 2 is 1.21 bits per heavy atom. The van der Waals surface area contributed by atoms with E-state index in [2.05, 4.69) is 121 Å². The fraction of sp³-hybridized carbons (Fsp3) is 0.0625. The Kier molecular flexibility index (Phi) is 3.89. The van der Waals surface area contributed by atoms with E-state index in [1.807, 2.05) is 0 Å². The average molecular weight is 423 g/mol. The summed E-state index contributed by atoms with van der Waals surface area (Å²) < 4.78 is 7.14. The summed E-state index contributed by atoms with van der Waals surface area (Å²) in [5, 5.41) is 2.44. The highest BCUT2D eigenvalue weighted by Gasteiger charge is 2.39. The average Bonchev–Trinajstić information content (AvgIpc) is 3.29. The molecule has 0 aromatic heterocycles. The Labute approximate surface area is 193 Å². The molecule has 0 N–H and O–H groups in total. The molecule has 1 nitrogen and oxygen atoms in total. The molecule has 0 spiro atoms. The van der Waals surface area contributed by atoms with Gasteiger partial charge in [0.05, 0.1) is 0 Å². The van der Waals surface area contributed by atoms with Crippen molar-refractivity contribution in [2.24, 2.45) is 0 Å². The number of benzene rings is 5. The fourth-order valence-electron chi connectivity index (χ4n) is 5.61. The maximum atomic E-state index is 7.14. The van der Waals surface area contributed by atoms with Gasteiger partial charge in [0.25, 0.3) is 0 Å². The van der Waals surface area contributed by atoms with Crippen LogP contribution in [-0.4, -0.2) is 0 Å². The Balaban J connectivity index is 1.54. The van der Waals surface area contributed by atoms with E-state index in [0.717, 1.165) is 23.3 Å². The third-order valence-corrected chi connectivity index (χ3v) is 7.12. The van der Waals surface area contributed by atoms with E-state index in [1.54, 1.807) is 0 Å². The molecule has 0 saturated heterocycles. The molecule has 0 saturated carbocycles. The number of fused-ring (bicyclic) bond motifs is 8. The van der Waals surface area contributed by atoms with Crippen LogP contribution in [0.4, 0.5) is 0 Å². The molecule has 7 rings (SSSR count). The summed E-state index contributed by atoms with van der Waals surface area (Å²) in [6.45, 7) is 0. The van der Waals surface area contributed by atoms with E-state index in [0.29, 0.717) is 0 Å². The molecule has 0 radical (unpaired) electrons. The normalized spacial score (nSPS) is 14.9. The van der Waals surface area contributed by atoms with Crippen LogP contribution in [-0.2, 0) is 12.0 Å². The minimum absolute atomic E-state index is 0.669. The van der Waals surface area contributed by atoms with Crippen LogP contribution >= 0.6 is 0 Å². The Bertz CT molecular complexity index is 1510. The Morgan fingerprint density at radius 1 is 0.606 bits per heavy atom. The van der Waals surface area contributed by atoms with Crippen LogP contribution in [0.3, 0.4) is 0 Å². The van der Waals surface area contributed by atoms with Gasteiger partial charge in [-0.15, -0.1) is 0 Å². The van der Waals surface area contributed by atoms with Crippen molar-refractivity contribution in [3.63, 3.8) is 0 Å². The SMILES string of the molecule is C1=CC(c2ccccc2)(c2ccccc2)Oc2c1c1c(c3ccccc23)-c2ccccc2C1. The third kappa shape index (κ3) is 2.60. The molecular weight excluding hydrogens is 400 g/mol. The highest BCUT2D eigenvalue weighted by atomic mass is 16.5. The second-order valence-corrected chi connectivity index (χ2v) is 8.88. The van der Waals surface area contributed by atoms with E-state index < -0.39 is 5.60 Å². The Hall–Kier alpha value is -4.10. The highest BCUT2D eigenvalue weighted by molar-refractivity contribution is 6.07. The molecule has 2 aliphatic rings. The zero-order chi connectivity index (χ0) is 21.8. The van der Waals surface area contributed by atoms with Gasteiger partial charge in [0.15, 0.2) is 5.60 Å². The summed E-state index contributed by atoms with van der Waals surface area (Å²) >= 11 is 0. The number of ether oxygens (including phenoxy) is 1. The van der Waals surface area contributed by atoms with Gasteiger partial charge in [0, 0.05) is 22.1 Å². The molecule has 156 valence electrons. The summed E-state index contributed by atoms with van der Waals surface area (Å²) in [5.41, 5.74) is 8.28. The lowest BCUT2D eigenvalue weighted by Gasteiger charge is -2.37. The molecule has 0 atom stereocenters. The summed E-state index contributed by atoms with van der Waals surface area (Å²) in [6, 6.07) is 38.6. The quantitative estimate of drug-likeness (QED) is 0.277. The molecule has 0 unspecified atom stereocenters. The second kappa shape index (κ2) is 6.95. The lowest BCUT2D eigenvalue weighted by Crippen LogP contribution is -2.34. The van der Waals surface area contributed by atoms with Crippen molar-refractivity contribution in [1.29, 1.82) is 0 Å². The zero-order valence-electron chi connectivity index (χ0n) is 18.2.